The van der Waals surface area contributed by atoms with Gasteiger partial charge in [0.15, 0.2) is 5.13 Å². The van der Waals surface area contributed by atoms with Crippen molar-refractivity contribution in [3.8, 4) is 0 Å². The van der Waals surface area contributed by atoms with E-state index in [1.807, 2.05) is 0 Å². The Hall–Kier alpha value is -2.85. The van der Waals surface area contributed by atoms with Gasteiger partial charge in [-0.2, -0.15) is 0 Å². The first-order chi connectivity index (χ1) is 14.8. The fourth-order valence-electron chi connectivity index (χ4n) is 3.81. The largest absolute Gasteiger partial charge is 0.349 e. The van der Waals surface area contributed by atoms with Gasteiger partial charge in [0.05, 0.1) is 4.90 Å². The van der Waals surface area contributed by atoms with Gasteiger partial charge in [-0.05, 0) is 54.8 Å². The summed E-state index contributed by atoms with van der Waals surface area (Å²) in [4.78, 5) is 16.6. The zero-order chi connectivity index (χ0) is 22.0. The summed E-state index contributed by atoms with van der Waals surface area (Å²) in [7, 11) is -3.81. The van der Waals surface area contributed by atoms with Crippen LogP contribution in [-0.4, -0.2) is 25.4 Å². The van der Waals surface area contributed by atoms with E-state index in [0.29, 0.717) is 24.0 Å². The Morgan fingerprint density at radius 2 is 1.77 bits per heavy atom. The molecule has 3 aromatic rings. The second kappa shape index (κ2) is 8.72. The number of nitrogens with zero attached hydrogens (tertiary/aromatic N) is 1. The van der Waals surface area contributed by atoms with Crippen LogP contribution >= 0.6 is 11.3 Å². The molecule has 0 saturated heterocycles. The van der Waals surface area contributed by atoms with E-state index in [-0.39, 0.29) is 27.9 Å². The minimum absolute atomic E-state index is 0.00762. The Labute approximate surface area is 182 Å². The van der Waals surface area contributed by atoms with E-state index in [2.05, 4.69) is 15.0 Å². The highest BCUT2D eigenvalue weighted by atomic mass is 32.2. The lowest BCUT2D eigenvalue weighted by Gasteiger charge is -2.22. The van der Waals surface area contributed by atoms with Crippen LogP contribution in [0.5, 0.6) is 0 Å². The Bertz CT molecular complexity index is 1160. The van der Waals surface area contributed by atoms with Gasteiger partial charge in [0.1, 0.15) is 11.6 Å². The van der Waals surface area contributed by atoms with Crippen LogP contribution in [0.1, 0.15) is 41.1 Å². The number of anilines is 1. The molecule has 0 aliphatic heterocycles. The van der Waals surface area contributed by atoms with Crippen LogP contribution in [0.25, 0.3) is 0 Å². The lowest BCUT2D eigenvalue weighted by Crippen LogP contribution is -2.36. The number of nitrogens with one attached hydrogen (secondary N) is 2. The van der Waals surface area contributed by atoms with Crippen molar-refractivity contribution in [2.24, 2.45) is 0 Å². The SMILES string of the molecule is O=C(NC1CCCC1c1cc(F)cc(F)c1)c1ccc(S(=O)(=O)Nc2nccs2)cc1. The number of hydrogen-bond acceptors (Lipinski definition) is 5. The number of carbonyl (C=O) groups excluding carboxylic acids is 1. The summed E-state index contributed by atoms with van der Waals surface area (Å²) in [6.45, 7) is 0. The van der Waals surface area contributed by atoms with Crippen LogP contribution in [0.15, 0.2) is 58.9 Å². The van der Waals surface area contributed by atoms with E-state index >= 15 is 0 Å². The lowest BCUT2D eigenvalue weighted by molar-refractivity contribution is 0.0934. The standard InChI is InChI=1S/C21H19F2N3O3S2/c22-15-10-14(11-16(23)12-15)18-2-1-3-19(18)25-20(27)13-4-6-17(7-5-13)31(28,29)26-21-24-8-9-30-21/h4-12,18-19H,1-3H2,(H,24,26)(H,25,27). The van der Waals surface area contributed by atoms with Crippen LogP contribution in [0.3, 0.4) is 0 Å². The van der Waals surface area contributed by atoms with E-state index in [9.17, 15) is 22.0 Å². The molecule has 1 aliphatic carbocycles. The molecule has 2 unspecified atom stereocenters. The minimum atomic E-state index is -3.81. The van der Waals surface area contributed by atoms with Crippen molar-refractivity contribution in [2.45, 2.75) is 36.1 Å². The third-order valence-corrected chi connectivity index (χ3v) is 7.40. The van der Waals surface area contributed by atoms with Crippen molar-refractivity contribution in [3.05, 3.63) is 76.8 Å². The summed E-state index contributed by atoms with van der Waals surface area (Å²) < 4.78 is 54.4. The molecule has 0 bridgehead atoms. The highest BCUT2D eigenvalue weighted by Crippen LogP contribution is 2.35. The molecule has 1 heterocycles. The molecule has 2 atom stereocenters. The van der Waals surface area contributed by atoms with Gasteiger partial charge in [-0.3, -0.25) is 9.52 Å². The topological polar surface area (TPSA) is 88.2 Å². The molecule has 1 fully saturated rings. The number of carbonyl (C=O) groups is 1. The van der Waals surface area contributed by atoms with Crippen molar-refractivity contribution in [2.75, 3.05) is 4.72 Å². The van der Waals surface area contributed by atoms with Gasteiger partial charge >= 0.3 is 0 Å². The predicted molar refractivity (Wildman–Crippen MR) is 114 cm³/mol. The van der Waals surface area contributed by atoms with Gasteiger partial charge < -0.3 is 5.32 Å². The van der Waals surface area contributed by atoms with Crippen molar-refractivity contribution >= 4 is 32.4 Å². The molecule has 2 N–H and O–H groups in total. The summed E-state index contributed by atoms with van der Waals surface area (Å²) in [5, 5.41) is 4.83. The molecule has 4 rings (SSSR count). The van der Waals surface area contributed by atoms with Gasteiger partial charge in [-0.15, -0.1) is 11.3 Å². The number of benzene rings is 2. The molecule has 10 heteroatoms. The molecule has 0 radical (unpaired) electrons. The normalized spacial score (nSPS) is 18.6. The Balaban J connectivity index is 1.46. The average molecular weight is 464 g/mol. The van der Waals surface area contributed by atoms with Crippen molar-refractivity contribution in [1.82, 2.24) is 10.3 Å². The Kier molecular flexibility index (Phi) is 6.01. The van der Waals surface area contributed by atoms with Crippen molar-refractivity contribution in [3.63, 3.8) is 0 Å². The van der Waals surface area contributed by atoms with Gasteiger partial charge in [-0.25, -0.2) is 22.2 Å². The monoisotopic (exact) mass is 463 g/mol. The fourth-order valence-corrected chi connectivity index (χ4v) is 5.59. The number of sulfonamides is 1. The molecule has 1 amide bonds. The van der Waals surface area contributed by atoms with Gasteiger partial charge in [-0.1, -0.05) is 6.42 Å². The number of aromatic nitrogens is 1. The zero-order valence-electron chi connectivity index (χ0n) is 16.2. The van der Waals surface area contributed by atoms with Crippen molar-refractivity contribution in [1.29, 1.82) is 0 Å². The number of thiazole rings is 1. The quantitative estimate of drug-likeness (QED) is 0.571. The first kappa shape index (κ1) is 21.4. The van der Waals surface area contributed by atoms with E-state index in [0.717, 1.165) is 23.8 Å². The van der Waals surface area contributed by atoms with Gasteiger partial charge in [0.2, 0.25) is 0 Å². The summed E-state index contributed by atoms with van der Waals surface area (Å²) in [6.07, 6.45) is 3.73. The smallest absolute Gasteiger partial charge is 0.263 e. The number of amides is 1. The van der Waals surface area contributed by atoms with E-state index in [4.69, 9.17) is 0 Å². The minimum Gasteiger partial charge on any atom is -0.349 e. The van der Waals surface area contributed by atoms with Gasteiger partial charge in [0.25, 0.3) is 15.9 Å². The molecule has 162 valence electrons. The second-order valence-corrected chi connectivity index (χ2v) is 9.86. The number of halogens is 2. The maximum atomic E-state index is 13.6. The fraction of sp³-hybridized carbons (Fsp3) is 0.238. The first-order valence-corrected chi connectivity index (χ1v) is 12.0. The predicted octanol–water partition coefficient (Wildman–Crippen LogP) is 4.29. The first-order valence-electron chi connectivity index (χ1n) is 9.61. The van der Waals surface area contributed by atoms with Crippen LogP contribution in [0.4, 0.5) is 13.9 Å². The van der Waals surface area contributed by atoms with E-state index in [1.54, 1.807) is 5.38 Å². The highest BCUT2D eigenvalue weighted by Gasteiger charge is 2.30. The summed E-state index contributed by atoms with van der Waals surface area (Å²) in [5.41, 5.74) is 0.819. The molecule has 1 saturated carbocycles. The molecule has 31 heavy (non-hydrogen) atoms. The molecule has 1 aromatic heterocycles. The summed E-state index contributed by atoms with van der Waals surface area (Å²) in [6, 6.07) is 8.71. The van der Waals surface area contributed by atoms with Crippen LogP contribution in [-0.2, 0) is 10.0 Å². The van der Waals surface area contributed by atoms with Crippen LogP contribution in [0, 0.1) is 11.6 Å². The van der Waals surface area contributed by atoms with Crippen molar-refractivity contribution < 1.29 is 22.0 Å². The maximum Gasteiger partial charge on any atom is 0.263 e. The molecule has 2 aromatic carbocycles. The lowest BCUT2D eigenvalue weighted by atomic mass is 9.93. The highest BCUT2D eigenvalue weighted by molar-refractivity contribution is 7.93. The average Bonchev–Trinajstić information content (AvgIpc) is 3.39. The Morgan fingerprint density at radius 3 is 2.42 bits per heavy atom. The molecule has 1 aliphatic rings. The third kappa shape index (κ3) is 4.91. The Morgan fingerprint density at radius 1 is 1.06 bits per heavy atom. The van der Waals surface area contributed by atoms with Crippen LogP contribution in [0.2, 0.25) is 0 Å². The summed E-state index contributed by atoms with van der Waals surface area (Å²) in [5.74, 6) is -1.84. The molecular weight excluding hydrogens is 444 g/mol. The third-order valence-electron chi connectivity index (χ3n) is 5.23. The number of hydrogen-bond donors (Lipinski definition) is 2. The second-order valence-electron chi connectivity index (χ2n) is 7.29. The van der Waals surface area contributed by atoms with E-state index < -0.39 is 21.7 Å². The number of rotatable bonds is 6. The molecule has 6 nitrogen and oxygen atoms in total. The van der Waals surface area contributed by atoms with Crippen LogP contribution < -0.4 is 10.0 Å². The van der Waals surface area contributed by atoms with Gasteiger partial charge in [0, 0.05) is 35.2 Å². The molecule has 0 spiro atoms. The summed E-state index contributed by atoms with van der Waals surface area (Å²) >= 11 is 1.16. The maximum absolute atomic E-state index is 13.6. The van der Waals surface area contributed by atoms with E-state index in [1.165, 1.54) is 42.6 Å². The zero-order valence-corrected chi connectivity index (χ0v) is 17.8. The molecular formula is C21H19F2N3O3S2.